The summed E-state index contributed by atoms with van der Waals surface area (Å²) in [4.78, 5) is 3.96. The Morgan fingerprint density at radius 1 is 1.22 bits per heavy atom. The highest BCUT2D eigenvalue weighted by Crippen LogP contribution is 2.29. The lowest BCUT2D eigenvalue weighted by Gasteiger charge is -2.10. The SMILES string of the molecule is FC(F)COc1ncccc1-c1cccc(Cl)c1. The van der Waals surface area contributed by atoms with Crippen LogP contribution in [0.5, 0.6) is 5.88 Å². The zero-order valence-corrected chi connectivity index (χ0v) is 10.1. The molecule has 0 aliphatic heterocycles. The summed E-state index contributed by atoms with van der Waals surface area (Å²) in [6.45, 7) is -0.676. The van der Waals surface area contributed by atoms with Gasteiger partial charge in [0.05, 0.1) is 0 Å². The smallest absolute Gasteiger partial charge is 0.272 e. The lowest BCUT2D eigenvalue weighted by Crippen LogP contribution is -2.08. The second-order valence-corrected chi connectivity index (χ2v) is 4.00. The molecule has 2 nitrogen and oxygen atoms in total. The third kappa shape index (κ3) is 3.17. The van der Waals surface area contributed by atoms with E-state index in [9.17, 15) is 8.78 Å². The molecule has 0 saturated carbocycles. The first-order valence-electron chi connectivity index (χ1n) is 5.28. The standard InChI is InChI=1S/C13H10ClF2NO/c14-10-4-1-3-9(7-10)11-5-2-6-17-13(11)18-8-12(15)16/h1-7,12H,8H2. The number of ether oxygens (including phenoxy) is 1. The number of hydrogen-bond donors (Lipinski definition) is 0. The Bertz CT molecular complexity index is 534. The highest BCUT2D eigenvalue weighted by molar-refractivity contribution is 6.30. The summed E-state index contributed by atoms with van der Waals surface area (Å²) in [5.74, 6) is 0.181. The van der Waals surface area contributed by atoms with Gasteiger partial charge in [0, 0.05) is 16.8 Å². The molecule has 5 heteroatoms. The van der Waals surface area contributed by atoms with Gasteiger partial charge in [-0.15, -0.1) is 0 Å². The maximum Gasteiger partial charge on any atom is 0.272 e. The lowest BCUT2D eigenvalue weighted by molar-refractivity contribution is 0.0799. The molecule has 0 unspecified atom stereocenters. The van der Waals surface area contributed by atoms with E-state index in [1.807, 2.05) is 6.07 Å². The van der Waals surface area contributed by atoms with E-state index in [4.69, 9.17) is 16.3 Å². The quantitative estimate of drug-likeness (QED) is 0.835. The lowest BCUT2D eigenvalue weighted by atomic mass is 10.1. The summed E-state index contributed by atoms with van der Waals surface area (Å²) in [7, 11) is 0. The minimum absolute atomic E-state index is 0.181. The van der Waals surface area contributed by atoms with E-state index in [0.29, 0.717) is 10.6 Å². The van der Waals surface area contributed by atoms with Crippen molar-refractivity contribution < 1.29 is 13.5 Å². The predicted molar refractivity (Wildman–Crippen MR) is 66.2 cm³/mol. The van der Waals surface area contributed by atoms with E-state index in [2.05, 4.69) is 4.98 Å². The molecule has 1 aromatic heterocycles. The van der Waals surface area contributed by atoms with E-state index in [1.54, 1.807) is 30.3 Å². The summed E-state index contributed by atoms with van der Waals surface area (Å²) < 4.78 is 29.3. The Labute approximate surface area is 108 Å². The average molecular weight is 270 g/mol. The van der Waals surface area contributed by atoms with Crippen LogP contribution in [0.4, 0.5) is 8.78 Å². The van der Waals surface area contributed by atoms with Crippen LogP contribution in [0.25, 0.3) is 11.1 Å². The van der Waals surface area contributed by atoms with Gasteiger partial charge in [-0.05, 0) is 29.8 Å². The molecule has 1 heterocycles. The van der Waals surface area contributed by atoms with Gasteiger partial charge < -0.3 is 4.74 Å². The number of aromatic nitrogens is 1. The highest BCUT2D eigenvalue weighted by Gasteiger charge is 2.10. The van der Waals surface area contributed by atoms with E-state index in [-0.39, 0.29) is 5.88 Å². The summed E-state index contributed by atoms with van der Waals surface area (Å²) in [6.07, 6.45) is -1.03. The molecule has 0 aliphatic carbocycles. The number of rotatable bonds is 4. The molecular weight excluding hydrogens is 260 g/mol. The van der Waals surface area contributed by atoms with Crippen molar-refractivity contribution in [2.24, 2.45) is 0 Å². The van der Waals surface area contributed by atoms with Crippen LogP contribution in [0.15, 0.2) is 42.6 Å². The van der Waals surface area contributed by atoms with Gasteiger partial charge >= 0.3 is 0 Å². The van der Waals surface area contributed by atoms with Crippen molar-refractivity contribution in [2.45, 2.75) is 6.43 Å². The van der Waals surface area contributed by atoms with Crippen molar-refractivity contribution >= 4 is 11.6 Å². The van der Waals surface area contributed by atoms with E-state index < -0.39 is 13.0 Å². The fourth-order valence-corrected chi connectivity index (χ4v) is 1.71. The normalized spacial score (nSPS) is 10.7. The van der Waals surface area contributed by atoms with Crippen LogP contribution in [0.1, 0.15) is 0 Å². The molecule has 0 radical (unpaired) electrons. The van der Waals surface area contributed by atoms with Crippen LogP contribution in [0.2, 0.25) is 5.02 Å². The largest absolute Gasteiger partial charge is 0.471 e. The van der Waals surface area contributed by atoms with Crippen LogP contribution >= 0.6 is 11.6 Å². The third-order valence-electron chi connectivity index (χ3n) is 2.25. The summed E-state index contributed by atoms with van der Waals surface area (Å²) in [5.41, 5.74) is 1.42. The molecule has 0 bridgehead atoms. The van der Waals surface area contributed by atoms with Gasteiger partial charge in [0.15, 0.2) is 6.61 Å². The van der Waals surface area contributed by atoms with E-state index >= 15 is 0 Å². The third-order valence-corrected chi connectivity index (χ3v) is 2.49. The molecule has 0 N–H and O–H groups in total. The zero-order valence-electron chi connectivity index (χ0n) is 9.32. The van der Waals surface area contributed by atoms with Crippen molar-refractivity contribution in [3.63, 3.8) is 0 Å². The molecule has 2 rings (SSSR count). The van der Waals surface area contributed by atoms with Gasteiger partial charge in [0.2, 0.25) is 5.88 Å². The van der Waals surface area contributed by atoms with Crippen molar-refractivity contribution in [2.75, 3.05) is 6.61 Å². The molecule has 0 fully saturated rings. The first kappa shape index (κ1) is 12.8. The fourth-order valence-electron chi connectivity index (χ4n) is 1.52. The fraction of sp³-hybridized carbons (Fsp3) is 0.154. The van der Waals surface area contributed by atoms with Gasteiger partial charge in [0.1, 0.15) is 0 Å². The van der Waals surface area contributed by atoms with Gasteiger partial charge in [-0.25, -0.2) is 13.8 Å². The van der Waals surface area contributed by atoms with Crippen LogP contribution in [-0.4, -0.2) is 18.0 Å². The number of benzene rings is 1. The first-order chi connectivity index (χ1) is 8.66. The van der Waals surface area contributed by atoms with Crippen molar-refractivity contribution in [3.8, 4) is 17.0 Å². The van der Waals surface area contributed by atoms with Gasteiger partial charge in [-0.3, -0.25) is 0 Å². The van der Waals surface area contributed by atoms with Crippen LogP contribution in [-0.2, 0) is 0 Å². The van der Waals surface area contributed by atoms with Crippen LogP contribution in [0, 0.1) is 0 Å². The number of pyridine rings is 1. The van der Waals surface area contributed by atoms with Gasteiger partial charge in [-0.2, -0.15) is 0 Å². The molecule has 0 aliphatic rings. The number of nitrogens with zero attached hydrogens (tertiary/aromatic N) is 1. The number of hydrogen-bond acceptors (Lipinski definition) is 2. The summed E-state index contributed by atoms with van der Waals surface area (Å²) >= 11 is 5.89. The molecule has 2 aromatic rings. The zero-order chi connectivity index (χ0) is 13.0. The topological polar surface area (TPSA) is 22.1 Å². The maximum atomic E-state index is 12.1. The van der Waals surface area contributed by atoms with Gasteiger partial charge in [-0.1, -0.05) is 23.7 Å². The molecule has 0 saturated heterocycles. The maximum absolute atomic E-state index is 12.1. The predicted octanol–water partition coefficient (Wildman–Crippen LogP) is 4.05. The molecular formula is C13H10ClF2NO. The van der Waals surface area contributed by atoms with Crippen molar-refractivity contribution in [1.29, 1.82) is 0 Å². The Morgan fingerprint density at radius 3 is 2.78 bits per heavy atom. The first-order valence-corrected chi connectivity index (χ1v) is 5.66. The van der Waals surface area contributed by atoms with Crippen molar-refractivity contribution in [3.05, 3.63) is 47.6 Å². The van der Waals surface area contributed by atoms with Crippen molar-refractivity contribution in [1.82, 2.24) is 4.98 Å². The molecule has 94 valence electrons. The Hall–Kier alpha value is -1.68. The molecule has 0 amide bonds. The van der Waals surface area contributed by atoms with Gasteiger partial charge in [0.25, 0.3) is 6.43 Å². The number of halogens is 3. The molecule has 0 atom stereocenters. The second kappa shape index (κ2) is 5.78. The second-order valence-electron chi connectivity index (χ2n) is 3.57. The molecule has 18 heavy (non-hydrogen) atoms. The minimum atomic E-state index is -2.53. The Balaban J connectivity index is 2.32. The highest BCUT2D eigenvalue weighted by atomic mass is 35.5. The van der Waals surface area contributed by atoms with E-state index in [0.717, 1.165) is 5.56 Å². The monoisotopic (exact) mass is 269 g/mol. The molecule has 0 spiro atoms. The number of alkyl halides is 2. The molecule has 1 aromatic carbocycles. The Morgan fingerprint density at radius 2 is 2.06 bits per heavy atom. The summed E-state index contributed by atoms with van der Waals surface area (Å²) in [6, 6.07) is 10.5. The minimum Gasteiger partial charge on any atom is -0.471 e. The van der Waals surface area contributed by atoms with E-state index in [1.165, 1.54) is 6.20 Å². The Kier molecular flexibility index (Phi) is 4.10. The van der Waals surface area contributed by atoms with Crippen LogP contribution in [0.3, 0.4) is 0 Å². The summed E-state index contributed by atoms with van der Waals surface area (Å²) in [5, 5.41) is 0.566. The van der Waals surface area contributed by atoms with Crippen LogP contribution < -0.4 is 4.74 Å². The average Bonchev–Trinajstić information content (AvgIpc) is 2.36.